The first kappa shape index (κ1) is 17.3. The van der Waals surface area contributed by atoms with Crippen molar-refractivity contribution in [3.63, 3.8) is 0 Å². The molecule has 1 atom stereocenters. The van der Waals surface area contributed by atoms with Crippen molar-refractivity contribution in [2.75, 3.05) is 5.32 Å². The third-order valence-corrected chi connectivity index (χ3v) is 3.88. The van der Waals surface area contributed by atoms with Crippen molar-refractivity contribution < 1.29 is 4.79 Å². The third kappa shape index (κ3) is 3.94. The van der Waals surface area contributed by atoms with E-state index < -0.39 is 12.1 Å². The summed E-state index contributed by atoms with van der Waals surface area (Å²) < 4.78 is 1.35. The molecular weight excluding hydrogens is 330 g/mol. The lowest BCUT2D eigenvalue weighted by molar-refractivity contribution is 0.249. The predicted molar refractivity (Wildman–Crippen MR) is 98.9 cm³/mol. The zero-order chi connectivity index (χ0) is 18.5. The molecule has 0 radical (unpaired) electrons. The van der Waals surface area contributed by atoms with E-state index in [2.05, 4.69) is 20.6 Å². The Morgan fingerprint density at radius 3 is 2.69 bits per heavy atom. The number of hydrogen-bond donors (Lipinski definition) is 2. The Kier molecular flexibility index (Phi) is 5.07. The van der Waals surface area contributed by atoms with Gasteiger partial charge in [0.1, 0.15) is 0 Å². The van der Waals surface area contributed by atoms with Crippen LogP contribution in [0.1, 0.15) is 22.9 Å². The number of hydrogen-bond acceptors (Lipinski definition) is 4. The first-order valence-electron chi connectivity index (χ1n) is 8.11. The number of anilines is 1. The van der Waals surface area contributed by atoms with Gasteiger partial charge in [0.2, 0.25) is 5.82 Å². The number of rotatable bonds is 4. The minimum Gasteiger partial charge on any atom is -0.325 e. The topological polar surface area (TPSA) is 88.9 Å². The smallest absolute Gasteiger partial charge is 0.321 e. The number of carbonyl (C=O) groups is 1. The fourth-order valence-corrected chi connectivity index (χ4v) is 2.58. The molecule has 132 valence electrons. The number of aryl methyl sites for hydroxylation is 2. The SMILES string of the molecule is Cc1cccc(C(NC(=O)Nc2nccn(C)c2=O)c2ccccn2)c1. The standard InChI is InChI=1S/C19H19N5O2/c1-13-6-5-7-14(12-13)16(15-8-3-4-9-20-15)22-19(26)23-17-18(25)24(2)11-10-21-17/h3-12,16H,1-2H3,(H2,21,22,23,26). The van der Waals surface area contributed by atoms with Crippen LogP contribution in [0.15, 0.2) is 65.8 Å². The second kappa shape index (κ2) is 7.60. The fourth-order valence-electron chi connectivity index (χ4n) is 2.58. The van der Waals surface area contributed by atoms with Gasteiger partial charge in [0.25, 0.3) is 5.56 Å². The Morgan fingerprint density at radius 1 is 1.12 bits per heavy atom. The average Bonchev–Trinajstić information content (AvgIpc) is 2.64. The van der Waals surface area contributed by atoms with Gasteiger partial charge in [0.15, 0.2) is 0 Å². The average molecular weight is 349 g/mol. The Hall–Kier alpha value is -3.48. The Morgan fingerprint density at radius 2 is 1.96 bits per heavy atom. The van der Waals surface area contributed by atoms with E-state index in [4.69, 9.17) is 0 Å². The number of nitrogens with one attached hydrogen (secondary N) is 2. The summed E-state index contributed by atoms with van der Waals surface area (Å²) in [5.74, 6) is -0.0310. The van der Waals surface area contributed by atoms with Crippen LogP contribution in [0.2, 0.25) is 0 Å². The number of amides is 2. The van der Waals surface area contributed by atoms with Gasteiger partial charge in [0, 0.05) is 25.6 Å². The van der Waals surface area contributed by atoms with Gasteiger partial charge in [-0.3, -0.25) is 15.1 Å². The molecule has 0 fully saturated rings. The van der Waals surface area contributed by atoms with Crippen LogP contribution in [-0.4, -0.2) is 20.6 Å². The lowest BCUT2D eigenvalue weighted by Crippen LogP contribution is -2.36. The van der Waals surface area contributed by atoms with Crippen LogP contribution in [0.3, 0.4) is 0 Å². The quantitative estimate of drug-likeness (QED) is 0.757. The summed E-state index contributed by atoms with van der Waals surface area (Å²) in [7, 11) is 1.59. The molecule has 3 aromatic rings. The van der Waals surface area contributed by atoms with E-state index in [-0.39, 0.29) is 11.4 Å². The Labute approximate surface area is 150 Å². The summed E-state index contributed by atoms with van der Waals surface area (Å²) in [5.41, 5.74) is 2.28. The van der Waals surface area contributed by atoms with Gasteiger partial charge < -0.3 is 9.88 Å². The highest BCUT2D eigenvalue weighted by Crippen LogP contribution is 2.21. The van der Waals surface area contributed by atoms with E-state index in [1.54, 1.807) is 13.2 Å². The van der Waals surface area contributed by atoms with Crippen molar-refractivity contribution in [1.82, 2.24) is 19.9 Å². The molecule has 0 aliphatic carbocycles. The van der Waals surface area contributed by atoms with Crippen molar-refractivity contribution in [3.8, 4) is 0 Å². The second-order valence-corrected chi connectivity index (χ2v) is 5.89. The van der Waals surface area contributed by atoms with Crippen molar-refractivity contribution in [2.45, 2.75) is 13.0 Å². The Balaban J connectivity index is 1.87. The van der Waals surface area contributed by atoms with E-state index in [9.17, 15) is 9.59 Å². The summed E-state index contributed by atoms with van der Waals surface area (Å²) in [6, 6.07) is 12.3. The lowest BCUT2D eigenvalue weighted by Gasteiger charge is -2.19. The van der Waals surface area contributed by atoms with Crippen LogP contribution in [0.5, 0.6) is 0 Å². The van der Waals surface area contributed by atoms with E-state index in [0.29, 0.717) is 5.69 Å². The van der Waals surface area contributed by atoms with Crippen LogP contribution in [-0.2, 0) is 7.05 Å². The first-order chi connectivity index (χ1) is 12.5. The number of benzene rings is 1. The third-order valence-electron chi connectivity index (χ3n) is 3.88. The molecule has 0 aliphatic heterocycles. The Bertz CT molecular complexity index is 969. The molecule has 2 amide bonds. The maximum Gasteiger partial charge on any atom is 0.321 e. The van der Waals surface area contributed by atoms with Gasteiger partial charge >= 0.3 is 6.03 Å². The molecular formula is C19H19N5O2. The van der Waals surface area contributed by atoms with Gasteiger partial charge in [-0.25, -0.2) is 9.78 Å². The highest BCUT2D eigenvalue weighted by Gasteiger charge is 2.19. The minimum absolute atomic E-state index is 0.0310. The van der Waals surface area contributed by atoms with Crippen LogP contribution >= 0.6 is 0 Å². The van der Waals surface area contributed by atoms with Crippen molar-refractivity contribution in [2.24, 2.45) is 7.05 Å². The lowest BCUT2D eigenvalue weighted by atomic mass is 10.0. The molecule has 1 unspecified atom stereocenters. The minimum atomic E-state index is -0.530. The van der Waals surface area contributed by atoms with E-state index in [1.165, 1.54) is 17.0 Å². The second-order valence-electron chi connectivity index (χ2n) is 5.89. The number of urea groups is 1. The zero-order valence-electron chi connectivity index (χ0n) is 14.5. The van der Waals surface area contributed by atoms with Gasteiger partial charge in [0.05, 0.1) is 11.7 Å². The summed E-state index contributed by atoms with van der Waals surface area (Å²) >= 11 is 0. The van der Waals surface area contributed by atoms with Crippen molar-refractivity contribution >= 4 is 11.8 Å². The van der Waals surface area contributed by atoms with Crippen molar-refractivity contribution in [1.29, 1.82) is 0 Å². The van der Waals surface area contributed by atoms with Crippen LogP contribution < -0.4 is 16.2 Å². The summed E-state index contributed by atoms with van der Waals surface area (Å²) in [6.45, 7) is 1.98. The maximum atomic E-state index is 12.5. The molecule has 0 aliphatic rings. The van der Waals surface area contributed by atoms with Gasteiger partial charge in [-0.05, 0) is 24.6 Å². The fraction of sp³-hybridized carbons (Fsp3) is 0.158. The molecule has 7 nitrogen and oxygen atoms in total. The highest BCUT2D eigenvalue weighted by molar-refractivity contribution is 5.88. The molecule has 2 heterocycles. The normalized spacial score (nSPS) is 11.6. The predicted octanol–water partition coefficient (Wildman–Crippen LogP) is 2.39. The summed E-state index contributed by atoms with van der Waals surface area (Å²) in [6.07, 6.45) is 4.65. The molecule has 0 saturated heterocycles. The largest absolute Gasteiger partial charge is 0.325 e. The molecule has 0 spiro atoms. The van der Waals surface area contributed by atoms with Crippen LogP contribution in [0.4, 0.5) is 10.6 Å². The number of aromatic nitrogens is 3. The van der Waals surface area contributed by atoms with E-state index in [1.807, 2.05) is 49.4 Å². The molecule has 26 heavy (non-hydrogen) atoms. The van der Waals surface area contributed by atoms with Gasteiger partial charge in [-0.2, -0.15) is 0 Å². The maximum absolute atomic E-state index is 12.5. The molecule has 2 N–H and O–H groups in total. The van der Waals surface area contributed by atoms with Gasteiger partial charge in [-0.15, -0.1) is 0 Å². The molecule has 2 aromatic heterocycles. The molecule has 7 heteroatoms. The monoisotopic (exact) mass is 349 g/mol. The van der Waals surface area contributed by atoms with Gasteiger partial charge in [-0.1, -0.05) is 35.9 Å². The highest BCUT2D eigenvalue weighted by atomic mass is 16.2. The summed E-state index contributed by atoms with van der Waals surface area (Å²) in [4.78, 5) is 32.8. The number of carbonyl (C=O) groups excluding carboxylic acids is 1. The molecule has 0 bridgehead atoms. The molecule has 3 rings (SSSR count). The molecule has 0 saturated carbocycles. The number of pyridine rings is 1. The summed E-state index contributed by atoms with van der Waals surface area (Å²) in [5, 5.41) is 5.38. The molecule has 1 aromatic carbocycles. The van der Waals surface area contributed by atoms with Crippen LogP contribution in [0, 0.1) is 6.92 Å². The van der Waals surface area contributed by atoms with Crippen LogP contribution in [0.25, 0.3) is 0 Å². The van der Waals surface area contributed by atoms with E-state index >= 15 is 0 Å². The zero-order valence-corrected chi connectivity index (χ0v) is 14.5. The van der Waals surface area contributed by atoms with E-state index in [0.717, 1.165) is 11.1 Å². The number of nitrogens with zero attached hydrogens (tertiary/aromatic N) is 3. The first-order valence-corrected chi connectivity index (χ1v) is 8.11. The van der Waals surface area contributed by atoms with Crippen molar-refractivity contribution in [3.05, 3.63) is 88.2 Å².